The fraction of sp³-hybridized carbons (Fsp3) is 0.130. The number of nitrogens with two attached hydrogens (primary N) is 1. The largest absolute Gasteiger partial charge is 1.00 e. The fourth-order valence-corrected chi connectivity index (χ4v) is 4.69. The Kier molecular flexibility index (Phi) is 5.77. The van der Waals surface area contributed by atoms with E-state index in [1.54, 1.807) is 24.3 Å². The van der Waals surface area contributed by atoms with Crippen molar-refractivity contribution in [1.29, 1.82) is 0 Å². The molecule has 158 valence electrons. The number of hydrogen-bond acceptors (Lipinski definition) is 6. The van der Waals surface area contributed by atoms with Gasteiger partial charge in [-0.25, -0.2) is 0 Å². The van der Waals surface area contributed by atoms with Gasteiger partial charge in [-0.2, -0.15) is 8.42 Å². The molecule has 1 saturated carbocycles. The van der Waals surface area contributed by atoms with Crippen molar-refractivity contribution in [3.05, 3.63) is 82.4 Å². The molecule has 0 heterocycles. The van der Waals surface area contributed by atoms with E-state index in [4.69, 9.17) is 5.73 Å². The van der Waals surface area contributed by atoms with Crippen LogP contribution in [-0.2, 0) is 10.1 Å². The molecule has 1 fully saturated rings. The van der Waals surface area contributed by atoms with Gasteiger partial charge < -0.3 is 12.5 Å². The second-order valence-corrected chi connectivity index (χ2v) is 9.18. The standard InChI is InChI=1S/C23H18N2O5S.Na.H/c24-21-18(31(28,29)30)11-17(25-14-5-3-4-13(10-14)12-8-9-12)19-20(21)23(27)16-7-2-1-6-15(16)22(19)26;;/h1-7,10-12,25H,8-9,24H2,(H,28,29,30);;/q;+1;-1. The van der Waals surface area contributed by atoms with Crippen molar-refractivity contribution >= 4 is 38.7 Å². The number of benzene rings is 3. The number of rotatable bonds is 4. The third kappa shape index (κ3) is 3.78. The van der Waals surface area contributed by atoms with Crippen LogP contribution in [0.5, 0.6) is 0 Å². The zero-order valence-corrected chi connectivity index (χ0v) is 20.1. The average Bonchev–Trinajstić information content (AvgIpc) is 3.58. The van der Waals surface area contributed by atoms with E-state index in [9.17, 15) is 22.6 Å². The third-order valence-electron chi connectivity index (χ3n) is 5.69. The molecule has 2 aliphatic carbocycles. The van der Waals surface area contributed by atoms with Gasteiger partial charge in [0.25, 0.3) is 10.1 Å². The number of anilines is 3. The Morgan fingerprint density at radius 2 is 1.56 bits per heavy atom. The summed E-state index contributed by atoms with van der Waals surface area (Å²) in [6.45, 7) is 0. The van der Waals surface area contributed by atoms with E-state index in [0.717, 1.165) is 24.5 Å². The number of ketones is 2. The van der Waals surface area contributed by atoms with E-state index in [0.29, 0.717) is 11.6 Å². The molecule has 0 spiro atoms. The van der Waals surface area contributed by atoms with E-state index in [1.807, 2.05) is 18.2 Å². The molecule has 5 rings (SSSR count). The first-order valence-corrected chi connectivity index (χ1v) is 11.2. The number of fused-ring (bicyclic) bond motifs is 2. The first kappa shape index (κ1) is 22.7. The van der Waals surface area contributed by atoms with E-state index in [1.165, 1.54) is 6.07 Å². The molecule has 3 aromatic carbocycles. The summed E-state index contributed by atoms with van der Waals surface area (Å²) in [6.07, 6.45) is 2.22. The van der Waals surface area contributed by atoms with Gasteiger partial charge in [0.2, 0.25) is 0 Å². The van der Waals surface area contributed by atoms with E-state index >= 15 is 0 Å². The molecule has 0 aliphatic heterocycles. The van der Waals surface area contributed by atoms with Gasteiger partial charge >= 0.3 is 29.6 Å². The average molecular weight is 458 g/mol. The van der Waals surface area contributed by atoms with Gasteiger partial charge in [-0.05, 0) is 42.5 Å². The molecule has 7 nitrogen and oxygen atoms in total. The minimum Gasteiger partial charge on any atom is -1.00 e. The molecule has 0 radical (unpaired) electrons. The molecule has 32 heavy (non-hydrogen) atoms. The maximum atomic E-state index is 13.3. The van der Waals surface area contributed by atoms with Gasteiger partial charge in [0.15, 0.2) is 11.6 Å². The smallest absolute Gasteiger partial charge is 1.00 e. The van der Waals surface area contributed by atoms with E-state index < -0.39 is 32.3 Å². The number of carbonyl (C=O) groups excluding carboxylic acids is 2. The summed E-state index contributed by atoms with van der Waals surface area (Å²) >= 11 is 0. The van der Waals surface area contributed by atoms with Crippen molar-refractivity contribution in [2.75, 3.05) is 11.1 Å². The van der Waals surface area contributed by atoms with Crippen molar-refractivity contribution in [2.45, 2.75) is 23.7 Å². The zero-order valence-electron chi connectivity index (χ0n) is 18.3. The van der Waals surface area contributed by atoms with Crippen LogP contribution in [0.1, 0.15) is 57.6 Å². The molecular formula is C23H19N2NaO5S. The molecule has 0 amide bonds. The molecule has 4 N–H and O–H groups in total. The molecule has 0 atom stereocenters. The Morgan fingerprint density at radius 3 is 2.16 bits per heavy atom. The van der Waals surface area contributed by atoms with Crippen molar-refractivity contribution < 1.29 is 53.5 Å². The molecule has 3 aromatic rings. The van der Waals surface area contributed by atoms with Crippen molar-refractivity contribution in [3.8, 4) is 0 Å². The van der Waals surface area contributed by atoms with Gasteiger partial charge in [-0.1, -0.05) is 36.4 Å². The molecule has 2 aliphatic rings. The van der Waals surface area contributed by atoms with Crippen molar-refractivity contribution in [2.24, 2.45) is 0 Å². The second kappa shape index (κ2) is 8.13. The number of carbonyl (C=O) groups is 2. The molecule has 0 aromatic heterocycles. The van der Waals surface area contributed by atoms with Crippen LogP contribution in [0.25, 0.3) is 0 Å². The van der Waals surface area contributed by atoms with E-state index in [-0.39, 0.29) is 58.9 Å². The van der Waals surface area contributed by atoms with Gasteiger partial charge in [0.05, 0.1) is 22.5 Å². The summed E-state index contributed by atoms with van der Waals surface area (Å²) in [5.41, 5.74) is 7.54. The normalized spacial score (nSPS) is 14.9. The van der Waals surface area contributed by atoms with Gasteiger partial charge in [-0.15, -0.1) is 0 Å². The van der Waals surface area contributed by atoms with Crippen LogP contribution in [0, 0.1) is 0 Å². The van der Waals surface area contributed by atoms with Gasteiger partial charge in [-0.3, -0.25) is 14.1 Å². The minimum atomic E-state index is -4.74. The number of nitrogens with one attached hydrogen (secondary N) is 1. The topological polar surface area (TPSA) is 127 Å². The molecule has 0 saturated heterocycles. The predicted octanol–water partition coefficient (Wildman–Crippen LogP) is 1.03. The fourth-order valence-electron chi connectivity index (χ4n) is 4.05. The summed E-state index contributed by atoms with van der Waals surface area (Å²) in [5, 5.41) is 3.07. The predicted molar refractivity (Wildman–Crippen MR) is 117 cm³/mol. The van der Waals surface area contributed by atoms with Crippen LogP contribution in [0.3, 0.4) is 0 Å². The molecule has 0 bridgehead atoms. The summed E-state index contributed by atoms with van der Waals surface area (Å²) in [7, 11) is -4.74. The van der Waals surface area contributed by atoms with Crippen LogP contribution < -0.4 is 40.6 Å². The Hall–Kier alpha value is -2.49. The maximum Gasteiger partial charge on any atom is 1.00 e. The van der Waals surface area contributed by atoms with Crippen LogP contribution in [-0.4, -0.2) is 24.5 Å². The summed E-state index contributed by atoms with van der Waals surface area (Å²) in [6, 6.07) is 15.0. The van der Waals surface area contributed by atoms with Crippen LogP contribution in [0.2, 0.25) is 0 Å². The molecular weight excluding hydrogens is 439 g/mol. The monoisotopic (exact) mass is 458 g/mol. The van der Waals surface area contributed by atoms with Crippen molar-refractivity contribution in [3.63, 3.8) is 0 Å². The Labute approximate surface area is 208 Å². The number of hydrogen-bond donors (Lipinski definition) is 3. The van der Waals surface area contributed by atoms with Crippen LogP contribution in [0.4, 0.5) is 17.1 Å². The van der Waals surface area contributed by atoms with Gasteiger partial charge in [0, 0.05) is 16.8 Å². The van der Waals surface area contributed by atoms with Crippen LogP contribution >= 0.6 is 0 Å². The Bertz CT molecular complexity index is 1400. The van der Waals surface area contributed by atoms with Gasteiger partial charge in [0.1, 0.15) is 4.90 Å². The maximum absolute atomic E-state index is 13.3. The Morgan fingerprint density at radius 1 is 0.938 bits per heavy atom. The van der Waals surface area contributed by atoms with Crippen LogP contribution in [0.15, 0.2) is 59.5 Å². The SMILES string of the molecule is Nc1c(S(=O)(=O)O)cc(Nc2cccc(C3CC3)c2)c2c1C(=O)c1ccccc1C2=O.[H-].[Na+]. The van der Waals surface area contributed by atoms with Crippen molar-refractivity contribution in [1.82, 2.24) is 0 Å². The molecule has 9 heteroatoms. The van der Waals surface area contributed by atoms with E-state index in [2.05, 4.69) is 5.32 Å². The first-order chi connectivity index (χ1) is 14.8. The second-order valence-electron chi connectivity index (χ2n) is 7.79. The minimum absolute atomic E-state index is 0. The zero-order chi connectivity index (χ0) is 21.9. The summed E-state index contributed by atoms with van der Waals surface area (Å²) in [5.74, 6) is -0.520. The first-order valence-electron chi connectivity index (χ1n) is 9.75. The third-order valence-corrected chi connectivity index (χ3v) is 6.59. The quantitative estimate of drug-likeness (QED) is 0.237. The Balaban J connectivity index is 0.00000153. The molecule has 0 unspecified atom stereocenters. The summed E-state index contributed by atoms with van der Waals surface area (Å²) < 4.78 is 33.7. The number of nitrogen functional groups attached to an aromatic ring is 1. The summed E-state index contributed by atoms with van der Waals surface area (Å²) in [4.78, 5) is 25.9.